The summed E-state index contributed by atoms with van der Waals surface area (Å²) in [6.07, 6.45) is 4.16. The van der Waals surface area contributed by atoms with Crippen LogP contribution in [0.25, 0.3) is 11.3 Å². The molecular weight excluding hydrogens is 458 g/mol. The Hall–Kier alpha value is -4.02. The molecule has 2 aromatic heterocycles. The van der Waals surface area contributed by atoms with Gasteiger partial charge in [0.05, 0.1) is 29.7 Å². The van der Waals surface area contributed by atoms with Crippen molar-refractivity contribution in [3.05, 3.63) is 48.3 Å². The van der Waals surface area contributed by atoms with Gasteiger partial charge in [-0.1, -0.05) is 6.07 Å². The van der Waals surface area contributed by atoms with Crippen molar-refractivity contribution in [1.82, 2.24) is 20.1 Å². The lowest BCUT2D eigenvalue weighted by molar-refractivity contribution is -0.117. The summed E-state index contributed by atoms with van der Waals surface area (Å²) >= 11 is 0. The van der Waals surface area contributed by atoms with E-state index >= 15 is 0 Å². The predicted octanol–water partition coefficient (Wildman–Crippen LogP) is 4.06. The number of ether oxygens (including phenoxy) is 1. The second kappa shape index (κ2) is 9.69. The molecule has 0 unspecified atom stereocenters. The van der Waals surface area contributed by atoms with E-state index in [1.807, 2.05) is 5.32 Å². The van der Waals surface area contributed by atoms with E-state index in [1.165, 1.54) is 19.4 Å². The Labute approximate surface area is 205 Å². The van der Waals surface area contributed by atoms with Crippen molar-refractivity contribution in [2.75, 3.05) is 24.7 Å². The summed E-state index contributed by atoms with van der Waals surface area (Å²) in [6.45, 7) is -2.53. The molecule has 2 amide bonds. The van der Waals surface area contributed by atoms with E-state index in [2.05, 4.69) is 20.7 Å². The predicted molar refractivity (Wildman–Crippen MR) is 127 cm³/mol. The summed E-state index contributed by atoms with van der Waals surface area (Å²) < 4.78 is 55.7. The van der Waals surface area contributed by atoms with Gasteiger partial charge in [-0.05, 0) is 31.0 Å². The van der Waals surface area contributed by atoms with Crippen LogP contribution < -0.4 is 20.7 Å². The number of benzene rings is 1. The number of anilines is 3. The van der Waals surface area contributed by atoms with Gasteiger partial charge in [0.2, 0.25) is 5.91 Å². The average Bonchev–Trinajstić information content (AvgIpc) is 3.57. The Balaban J connectivity index is 1.70. The van der Waals surface area contributed by atoms with E-state index in [9.17, 15) is 18.4 Å². The summed E-state index contributed by atoms with van der Waals surface area (Å²) in [5.74, 6) is -3.68. The van der Waals surface area contributed by atoms with Gasteiger partial charge in [0.25, 0.3) is 11.8 Å². The molecule has 0 aliphatic heterocycles. The number of hydrogen-bond donors (Lipinski definition) is 3. The third-order valence-corrected chi connectivity index (χ3v) is 5.31. The SMILES string of the molecule is [2H]C([2H])([2H])NC(=O)c1cnc(NC(=O)C2CC2)cc1Nc1cccc(-c2ccn(CC(C)(F)F)n2)c1OC. The number of nitrogens with zero attached hydrogens (tertiary/aromatic N) is 3. The second-order valence-corrected chi connectivity index (χ2v) is 8.31. The molecule has 0 atom stereocenters. The average molecular weight is 488 g/mol. The van der Waals surface area contributed by atoms with Gasteiger partial charge in [0.15, 0.2) is 5.75 Å². The Morgan fingerprint density at radius 1 is 1.29 bits per heavy atom. The van der Waals surface area contributed by atoms with Crippen molar-refractivity contribution in [2.45, 2.75) is 32.2 Å². The van der Waals surface area contributed by atoms with Crippen LogP contribution in [-0.4, -0.2) is 46.6 Å². The first-order valence-electron chi connectivity index (χ1n) is 12.3. The van der Waals surface area contributed by atoms with Crippen LogP contribution in [0.5, 0.6) is 5.75 Å². The van der Waals surface area contributed by atoms with Crippen LogP contribution in [0.2, 0.25) is 0 Å². The monoisotopic (exact) mass is 487 g/mol. The normalized spacial score (nSPS) is 14.9. The molecule has 1 aliphatic carbocycles. The number of carbonyl (C=O) groups excluding carboxylic acids is 2. The lowest BCUT2D eigenvalue weighted by atomic mass is 10.1. The quantitative estimate of drug-likeness (QED) is 0.420. The van der Waals surface area contributed by atoms with E-state index in [0.29, 0.717) is 22.7 Å². The zero-order valence-electron chi connectivity index (χ0n) is 22.1. The molecule has 11 heteroatoms. The van der Waals surface area contributed by atoms with Gasteiger partial charge < -0.3 is 20.7 Å². The Morgan fingerprint density at radius 2 is 2.09 bits per heavy atom. The number of pyridine rings is 1. The molecule has 1 fully saturated rings. The molecule has 0 radical (unpaired) electrons. The molecule has 1 saturated carbocycles. The minimum absolute atomic E-state index is 0.0871. The third kappa shape index (κ3) is 5.73. The number of nitrogens with one attached hydrogen (secondary N) is 3. The maximum absolute atomic E-state index is 13.4. The zero-order chi connectivity index (χ0) is 27.7. The second-order valence-electron chi connectivity index (χ2n) is 8.31. The molecule has 1 aromatic carbocycles. The molecule has 2 heterocycles. The van der Waals surface area contributed by atoms with E-state index in [4.69, 9.17) is 8.85 Å². The molecule has 35 heavy (non-hydrogen) atoms. The van der Waals surface area contributed by atoms with Gasteiger partial charge in [-0.15, -0.1) is 0 Å². The van der Waals surface area contributed by atoms with E-state index in [1.54, 1.807) is 24.3 Å². The van der Waals surface area contributed by atoms with Crippen LogP contribution in [0.1, 0.15) is 34.2 Å². The molecule has 0 spiro atoms. The third-order valence-electron chi connectivity index (χ3n) is 5.31. The molecule has 3 aromatic rings. The molecule has 0 saturated heterocycles. The molecule has 1 aliphatic rings. The number of methoxy groups -OCH3 is 1. The highest BCUT2D eigenvalue weighted by molar-refractivity contribution is 6.01. The summed E-state index contributed by atoms with van der Waals surface area (Å²) in [4.78, 5) is 29.1. The van der Waals surface area contributed by atoms with Crippen LogP contribution >= 0.6 is 0 Å². The van der Waals surface area contributed by atoms with Gasteiger partial charge in [-0.2, -0.15) is 5.10 Å². The zero-order valence-corrected chi connectivity index (χ0v) is 19.1. The topological polar surface area (TPSA) is 110 Å². The van der Waals surface area contributed by atoms with Crippen LogP contribution in [0.3, 0.4) is 0 Å². The number of aromatic nitrogens is 3. The Morgan fingerprint density at radius 3 is 2.77 bits per heavy atom. The van der Waals surface area contributed by atoms with Crippen molar-refractivity contribution in [1.29, 1.82) is 0 Å². The molecule has 9 nitrogen and oxygen atoms in total. The Kier molecular flexibility index (Phi) is 5.64. The standard InChI is InChI=1S/C24H26F2N6O3/c1-24(25,26)13-32-10-9-17(31-32)15-5-4-6-18(21(15)35-3)29-19-11-20(30-22(33)14-7-8-14)28-12-16(19)23(34)27-2/h4-6,9-12,14H,7-8,13H2,1-3H3,(H,27,34)(H2,28,29,30,33)/i2D3. The fraction of sp³-hybridized carbons (Fsp3) is 0.333. The fourth-order valence-corrected chi connectivity index (χ4v) is 3.53. The summed E-state index contributed by atoms with van der Waals surface area (Å²) in [7, 11) is 1.41. The van der Waals surface area contributed by atoms with Crippen molar-refractivity contribution >= 4 is 29.0 Å². The molecule has 3 N–H and O–H groups in total. The van der Waals surface area contributed by atoms with Gasteiger partial charge in [-0.3, -0.25) is 14.3 Å². The molecule has 184 valence electrons. The number of hydrogen-bond acceptors (Lipinski definition) is 6. The number of alkyl halides is 2. The maximum Gasteiger partial charge on any atom is 0.264 e. The van der Waals surface area contributed by atoms with E-state index < -0.39 is 25.4 Å². The summed E-state index contributed by atoms with van der Waals surface area (Å²) in [5.41, 5.74) is 1.29. The van der Waals surface area contributed by atoms with Crippen LogP contribution in [-0.2, 0) is 11.3 Å². The highest BCUT2D eigenvalue weighted by Gasteiger charge is 2.30. The molecular formula is C24H26F2N6O3. The van der Waals surface area contributed by atoms with Crippen molar-refractivity contribution in [2.24, 2.45) is 5.92 Å². The summed E-state index contributed by atoms with van der Waals surface area (Å²) in [5, 5.41) is 11.9. The van der Waals surface area contributed by atoms with Gasteiger partial charge >= 0.3 is 0 Å². The van der Waals surface area contributed by atoms with Crippen molar-refractivity contribution in [3.63, 3.8) is 0 Å². The maximum atomic E-state index is 13.4. The lowest BCUT2D eigenvalue weighted by Crippen LogP contribution is -2.20. The van der Waals surface area contributed by atoms with Crippen molar-refractivity contribution < 1.29 is 27.2 Å². The van der Waals surface area contributed by atoms with E-state index in [0.717, 1.165) is 30.6 Å². The molecule has 4 rings (SSSR count). The summed E-state index contributed by atoms with van der Waals surface area (Å²) in [6, 6.07) is 8.00. The highest BCUT2D eigenvalue weighted by Crippen LogP contribution is 2.38. The number of para-hydroxylation sites is 1. The number of carbonyl (C=O) groups is 2. The highest BCUT2D eigenvalue weighted by atomic mass is 19.3. The first kappa shape index (κ1) is 20.4. The Bertz CT molecular complexity index is 1350. The van der Waals surface area contributed by atoms with Gasteiger partial charge in [0, 0.05) is 48.0 Å². The lowest BCUT2D eigenvalue weighted by Gasteiger charge is -2.17. The first-order chi connectivity index (χ1) is 17.8. The van der Waals surface area contributed by atoms with Crippen LogP contribution in [0, 0.1) is 5.92 Å². The van der Waals surface area contributed by atoms with Crippen molar-refractivity contribution in [3.8, 4) is 17.0 Å². The number of rotatable bonds is 9. The molecule has 0 bridgehead atoms. The minimum atomic E-state index is -2.95. The fourth-order valence-electron chi connectivity index (χ4n) is 3.53. The van der Waals surface area contributed by atoms with Gasteiger partial charge in [-0.25, -0.2) is 13.8 Å². The van der Waals surface area contributed by atoms with E-state index in [-0.39, 0.29) is 28.9 Å². The smallest absolute Gasteiger partial charge is 0.264 e. The first-order valence-corrected chi connectivity index (χ1v) is 10.8. The van der Waals surface area contributed by atoms with Crippen LogP contribution in [0.15, 0.2) is 42.7 Å². The minimum Gasteiger partial charge on any atom is -0.494 e. The van der Waals surface area contributed by atoms with Crippen LogP contribution in [0.4, 0.5) is 26.0 Å². The largest absolute Gasteiger partial charge is 0.494 e. The van der Waals surface area contributed by atoms with Gasteiger partial charge in [0.1, 0.15) is 12.4 Å². The number of halogens is 2. The number of amides is 2.